The minimum absolute atomic E-state index is 0.104. The number of ether oxygens (including phenoxy) is 1. The number of benzene rings is 2. The SMILES string of the molecule is Cc1c(-c2cccc(S(C)(=O)=O)c2OC(C)c2ccccc2)ccn(C)c1=O. The maximum absolute atomic E-state index is 12.4. The molecule has 0 amide bonds. The van der Waals surface area contributed by atoms with Crippen LogP contribution in [0.1, 0.15) is 24.2 Å². The molecule has 0 bridgehead atoms. The van der Waals surface area contributed by atoms with E-state index in [2.05, 4.69) is 0 Å². The van der Waals surface area contributed by atoms with Gasteiger partial charge in [0.15, 0.2) is 9.84 Å². The van der Waals surface area contributed by atoms with E-state index in [9.17, 15) is 13.2 Å². The van der Waals surface area contributed by atoms with Crippen LogP contribution in [0, 0.1) is 6.92 Å². The summed E-state index contributed by atoms with van der Waals surface area (Å²) in [5.74, 6) is 0.262. The van der Waals surface area contributed by atoms with E-state index in [1.165, 1.54) is 10.6 Å². The maximum atomic E-state index is 12.4. The standard InChI is InChI=1S/C22H23NO4S/c1-15-18(13-14-23(3)22(15)24)19-11-8-12-20(28(4,25)26)21(19)27-16(2)17-9-6-5-7-10-17/h5-14,16H,1-4H3. The van der Waals surface area contributed by atoms with Crippen molar-refractivity contribution in [2.75, 3.05) is 6.26 Å². The topological polar surface area (TPSA) is 65.4 Å². The lowest BCUT2D eigenvalue weighted by Crippen LogP contribution is -2.19. The van der Waals surface area contributed by atoms with Crippen LogP contribution in [0.3, 0.4) is 0 Å². The minimum Gasteiger partial charge on any atom is -0.484 e. The molecule has 0 saturated heterocycles. The number of hydrogen-bond donors (Lipinski definition) is 0. The molecular weight excluding hydrogens is 374 g/mol. The fourth-order valence-corrected chi connectivity index (χ4v) is 3.98. The molecule has 0 N–H and O–H groups in total. The summed E-state index contributed by atoms with van der Waals surface area (Å²) in [5.41, 5.74) is 2.57. The number of aromatic nitrogens is 1. The Morgan fingerprint density at radius 3 is 2.29 bits per heavy atom. The molecule has 1 unspecified atom stereocenters. The second-order valence-electron chi connectivity index (χ2n) is 6.85. The molecule has 0 saturated carbocycles. The largest absolute Gasteiger partial charge is 0.484 e. The number of para-hydroxylation sites is 1. The lowest BCUT2D eigenvalue weighted by atomic mass is 10.0. The zero-order valence-corrected chi connectivity index (χ0v) is 17.2. The number of sulfone groups is 1. The Hall–Kier alpha value is -2.86. The molecule has 3 rings (SSSR count). The van der Waals surface area contributed by atoms with Gasteiger partial charge in [-0.25, -0.2) is 8.42 Å². The second kappa shape index (κ2) is 7.64. The first kappa shape index (κ1) is 19.9. The summed E-state index contributed by atoms with van der Waals surface area (Å²) < 4.78 is 32.5. The fraction of sp³-hybridized carbons (Fsp3) is 0.227. The fourth-order valence-electron chi connectivity index (χ4n) is 3.16. The first-order valence-electron chi connectivity index (χ1n) is 8.91. The highest BCUT2D eigenvalue weighted by Crippen LogP contribution is 2.39. The summed E-state index contributed by atoms with van der Waals surface area (Å²) in [5, 5.41) is 0. The van der Waals surface area contributed by atoms with Crippen LogP contribution >= 0.6 is 0 Å². The summed E-state index contributed by atoms with van der Waals surface area (Å²) in [4.78, 5) is 12.5. The van der Waals surface area contributed by atoms with Crippen molar-refractivity contribution < 1.29 is 13.2 Å². The highest BCUT2D eigenvalue weighted by molar-refractivity contribution is 7.90. The molecule has 3 aromatic rings. The van der Waals surface area contributed by atoms with E-state index in [-0.39, 0.29) is 22.3 Å². The third-order valence-electron chi connectivity index (χ3n) is 4.74. The minimum atomic E-state index is -3.53. The summed E-state index contributed by atoms with van der Waals surface area (Å²) in [6.07, 6.45) is 2.46. The van der Waals surface area contributed by atoms with E-state index in [0.29, 0.717) is 16.7 Å². The zero-order valence-electron chi connectivity index (χ0n) is 16.3. The van der Waals surface area contributed by atoms with Crippen molar-refractivity contribution in [3.8, 4) is 16.9 Å². The number of aryl methyl sites for hydroxylation is 1. The predicted octanol–water partition coefficient (Wildman–Crippen LogP) is 3.90. The van der Waals surface area contributed by atoms with Crippen LogP contribution in [0.25, 0.3) is 11.1 Å². The van der Waals surface area contributed by atoms with Crippen LogP contribution in [0.5, 0.6) is 5.75 Å². The Labute approximate surface area is 165 Å². The van der Waals surface area contributed by atoms with Gasteiger partial charge in [0.2, 0.25) is 0 Å². The second-order valence-corrected chi connectivity index (χ2v) is 8.83. The highest BCUT2D eigenvalue weighted by Gasteiger charge is 2.22. The molecule has 28 heavy (non-hydrogen) atoms. The lowest BCUT2D eigenvalue weighted by Gasteiger charge is -2.21. The number of pyridine rings is 1. The predicted molar refractivity (Wildman–Crippen MR) is 110 cm³/mol. The van der Waals surface area contributed by atoms with Crippen molar-refractivity contribution in [2.24, 2.45) is 7.05 Å². The Kier molecular flexibility index (Phi) is 5.42. The molecular formula is C22H23NO4S. The smallest absolute Gasteiger partial charge is 0.253 e. The first-order valence-corrected chi connectivity index (χ1v) is 10.8. The molecule has 1 aromatic heterocycles. The zero-order chi connectivity index (χ0) is 20.5. The van der Waals surface area contributed by atoms with Crippen molar-refractivity contribution in [3.63, 3.8) is 0 Å². The van der Waals surface area contributed by atoms with Crippen molar-refractivity contribution in [1.82, 2.24) is 4.57 Å². The number of nitrogens with zero attached hydrogens (tertiary/aromatic N) is 1. The Balaban J connectivity index is 2.22. The van der Waals surface area contributed by atoms with Gasteiger partial charge in [-0.3, -0.25) is 4.79 Å². The third-order valence-corrected chi connectivity index (χ3v) is 5.86. The summed E-state index contributed by atoms with van der Waals surface area (Å²) in [7, 11) is -1.85. The Bertz CT molecular complexity index is 1160. The molecule has 0 spiro atoms. The van der Waals surface area contributed by atoms with Crippen LogP contribution in [-0.4, -0.2) is 19.2 Å². The van der Waals surface area contributed by atoms with E-state index in [0.717, 1.165) is 11.8 Å². The van der Waals surface area contributed by atoms with E-state index in [4.69, 9.17) is 4.74 Å². The highest BCUT2D eigenvalue weighted by atomic mass is 32.2. The molecule has 0 radical (unpaired) electrons. The maximum Gasteiger partial charge on any atom is 0.253 e. The molecule has 0 fully saturated rings. The normalized spacial score (nSPS) is 12.6. The Morgan fingerprint density at radius 1 is 0.964 bits per heavy atom. The van der Waals surface area contributed by atoms with Crippen molar-refractivity contribution in [1.29, 1.82) is 0 Å². The molecule has 1 heterocycles. The van der Waals surface area contributed by atoms with Gasteiger partial charge in [-0.1, -0.05) is 42.5 Å². The van der Waals surface area contributed by atoms with Crippen LogP contribution < -0.4 is 10.3 Å². The van der Waals surface area contributed by atoms with Gasteiger partial charge in [-0.2, -0.15) is 0 Å². The van der Waals surface area contributed by atoms with Crippen molar-refractivity contribution in [3.05, 3.63) is 82.3 Å². The average Bonchev–Trinajstić information content (AvgIpc) is 2.66. The van der Waals surface area contributed by atoms with E-state index >= 15 is 0 Å². The molecule has 6 heteroatoms. The van der Waals surface area contributed by atoms with Gasteiger partial charge >= 0.3 is 0 Å². The van der Waals surface area contributed by atoms with Gasteiger partial charge in [0.1, 0.15) is 16.7 Å². The number of rotatable bonds is 5. The summed E-state index contributed by atoms with van der Waals surface area (Å²) in [6.45, 7) is 3.60. The molecule has 1 atom stereocenters. The van der Waals surface area contributed by atoms with Crippen LogP contribution in [0.4, 0.5) is 0 Å². The third kappa shape index (κ3) is 3.87. The van der Waals surface area contributed by atoms with Gasteiger partial charge in [0.05, 0.1) is 0 Å². The van der Waals surface area contributed by atoms with Crippen LogP contribution in [-0.2, 0) is 16.9 Å². The van der Waals surface area contributed by atoms with Crippen molar-refractivity contribution >= 4 is 9.84 Å². The first-order chi connectivity index (χ1) is 13.2. The number of hydrogen-bond acceptors (Lipinski definition) is 4. The van der Waals surface area contributed by atoms with Crippen LogP contribution in [0.15, 0.2) is 70.5 Å². The molecule has 5 nitrogen and oxygen atoms in total. The lowest BCUT2D eigenvalue weighted by molar-refractivity contribution is 0.222. The van der Waals surface area contributed by atoms with E-state index in [1.807, 2.05) is 37.3 Å². The summed E-state index contributed by atoms with van der Waals surface area (Å²) >= 11 is 0. The quantitative estimate of drug-likeness (QED) is 0.655. The van der Waals surface area contributed by atoms with Gasteiger partial charge in [0, 0.05) is 30.6 Å². The molecule has 0 aliphatic carbocycles. The monoisotopic (exact) mass is 397 g/mol. The van der Waals surface area contributed by atoms with Crippen LogP contribution in [0.2, 0.25) is 0 Å². The summed E-state index contributed by atoms with van der Waals surface area (Å²) in [6, 6.07) is 16.4. The molecule has 0 aliphatic heterocycles. The van der Waals surface area contributed by atoms with E-state index in [1.54, 1.807) is 38.4 Å². The average molecular weight is 397 g/mol. The Morgan fingerprint density at radius 2 is 1.64 bits per heavy atom. The molecule has 2 aromatic carbocycles. The van der Waals surface area contributed by atoms with Gasteiger partial charge in [0.25, 0.3) is 5.56 Å². The van der Waals surface area contributed by atoms with Gasteiger partial charge < -0.3 is 9.30 Å². The molecule has 146 valence electrons. The molecule has 0 aliphatic rings. The van der Waals surface area contributed by atoms with Crippen molar-refractivity contribution in [2.45, 2.75) is 24.8 Å². The van der Waals surface area contributed by atoms with Gasteiger partial charge in [-0.15, -0.1) is 0 Å². The van der Waals surface area contributed by atoms with E-state index < -0.39 is 9.84 Å². The van der Waals surface area contributed by atoms with Gasteiger partial charge in [-0.05, 0) is 37.1 Å².